The first-order chi connectivity index (χ1) is 18.7. The molecule has 8 heteroatoms. The molecule has 0 bridgehead atoms. The molecule has 39 heavy (non-hydrogen) atoms. The average molecular weight is 524 g/mol. The molecule has 1 saturated carbocycles. The number of nitrogens with zero attached hydrogens (tertiary/aromatic N) is 4. The summed E-state index contributed by atoms with van der Waals surface area (Å²) in [4.78, 5) is 27.3. The maximum absolute atomic E-state index is 13.4. The first kappa shape index (κ1) is 26.4. The Morgan fingerprint density at radius 1 is 1.13 bits per heavy atom. The van der Waals surface area contributed by atoms with Crippen LogP contribution in [-0.2, 0) is 10.3 Å². The molecule has 0 spiro atoms. The van der Waals surface area contributed by atoms with Crippen LogP contribution in [0, 0.1) is 16.7 Å². The van der Waals surface area contributed by atoms with Crippen LogP contribution < -0.4 is 5.32 Å². The number of hydrogen-bond donors (Lipinski definition) is 1. The molecule has 1 N–H and O–H groups in total. The predicted molar refractivity (Wildman–Crippen MR) is 146 cm³/mol. The summed E-state index contributed by atoms with van der Waals surface area (Å²) in [6.45, 7) is 6.25. The van der Waals surface area contributed by atoms with Crippen LogP contribution in [0.3, 0.4) is 0 Å². The van der Waals surface area contributed by atoms with Gasteiger partial charge in [-0.15, -0.1) is 10.2 Å². The third-order valence-corrected chi connectivity index (χ3v) is 7.57. The van der Waals surface area contributed by atoms with Gasteiger partial charge in [-0.3, -0.25) is 4.79 Å². The van der Waals surface area contributed by atoms with Crippen molar-refractivity contribution in [3.05, 3.63) is 83.6 Å². The summed E-state index contributed by atoms with van der Waals surface area (Å²) in [7, 11) is 0. The molecular weight excluding hydrogens is 490 g/mol. The van der Waals surface area contributed by atoms with E-state index in [4.69, 9.17) is 4.74 Å². The van der Waals surface area contributed by atoms with Gasteiger partial charge in [-0.2, -0.15) is 5.26 Å². The van der Waals surface area contributed by atoms with E-state index in [1.165, 1.54) is 0 Å². The summed E-state index contributed by atoms with van der Waals surface area (Å²) in [5, 5.41) is 20.9. The van der Waals surface area contributed by atoms with Crippen LogP contribution >= 0.6 is 0 Å². The molecule has 1 unspecified atom stereocenters. The molecule has 8 nitrogen and oxygen atoms in total. The number of cyclic esters (lactones) is 1. The van der Waals surface area contributed by atoms with E-state index < -0.39 is 11.0 Å². The minimum atomic E-state index is -0.849. The second kappa shape index (κ2) is 10.5. The van der Waals surface area contributed by atoms with E-state index in [0.717, 1.165) is 29.5 Å². The summed E-state index contributed by atoms with van der Waals surface area (Å²) in [5.41, 5.74) is 2.23. The molecule has 2 aromatic carbocycles. The molecule has 2 amide bonds. The van der Waals surface area contributed by atoms with Crippen LogP contribution in [0.5, 0.6) is 0 Å². The van der Waals surface area contributed by atoms with E-state index in [9.17, 15) is 14.9 Å². The second-order valence-corrected chi connectivity index (χ2v) is 11.2. The minimum Gasteiger partial charge on any atom is -0.438 e. The van der Waals surface area contributed by atoms with Gasteiger partial charge in [-0.05, 0) is 56.9 Å². The van der Waals surface area contributed by atoms with E-state index >= 15 is 0 Å². The van der Waals surface area contributed by atoms with Crippen LogP contribution in [-0.4, -0.2) is 39.7 Å². The van der Waals surface area contributed by atoms with Gasteiger partial charge in [0.2, 0.25) is 0 Å². The standard InChI is InChI=1S/C31H33N5O3/c1-21(22-9-11-23(12-10-22)26-15-16-27(35-34-26)28(37)33-25-13-14-25)36-18-17-31(39-29(36)38,19-30(2,3)20-32)24-7-5-4-6-8-24/h4-12,15-16,21,25H,13-14,17-19H2,1-3H3,(H,33,37)/t21-,31?/m0/s1. The zero-order valence-electron chi connectivity index (χ0n) is 22.6. The number of carbonyl (C=O) groups excluding carboxylic acids is 2. The van der Waals surface area contributed by atoms with Gasteiger partial charge in [0.15, 0.2) is 5.69 Å². The van der Waals surface area contributed by atoms with Crippen molar-refractivity contribution < 1.29 is 14.3 Å². The van der Waals surface area contributed by atoms with Crippen molar-refractivity contribution in [2.75, 3.05) is 6.54 Å². The lowest BCUT2D eigenvalue weighted by molar-refractivity contribution is -0.0770. The zero-order chi connectivity index (χ0) is 27.6. The lowest BCUT2D eigenvalue weighted by Crippen LogP contribution is -2.50. The fourth-order valence-corrected chi connectivity index (χ4v) is 5.15. The first-order valence-electron chi connectivity index (χ1n) is 13.4. The van der Waals surface area contributed by atoms with E-state index in [2.05, 4.69) is 21.6 Å². The molecule has 3 aromatic rings. The number of rotatable bonds is 8. The zero-order valence-corrected chi connectivity index (χ0v) is 22.6. The molecule has 2 atom stereocenters. The fourth-order valence-electron chi connectivity index (χ4n) is 5.15. The Labute approximate surface area is 229 Å². The van der Waals surface area contributed by atoms with Crippen molar-refractivity contribution in [1.82, 2.24) is 20.4 Å². The lowest BCUT2D eigenvalue weighted by Gasteiger charge is -2.45. The Bertz CT molecular complexity index is 1380. The van der Waals surface area contributed by atoms with Gasteiger partial charge in [0.05, 0.1) is 23.2 Å². The highest BCUT2D eigenvalue weighted by atomic mass is 16.6. The topological polar surface area (TPSA) is 108 Å². The van der Waals surface area contributed by atoms with E-state index in [1.54, 1.807) is 17.0 Å². The molecule has 200 valence electrons. The summed E-state index contributed by atoms with van der Waals surface area (Å²) in [6.07, 6.45) is 2.66. The summed E-state index contributed by atoms with van der Waals surface area (Å²) in [6, 6.07) is 23.5. The number of hydrogen-bond acceptors (Lipinski definition) is 6. The maximum atomic E-state index is 13.4. The molecule has 0 radical (unpaired) electrons. The highest BCUT2D eigenvalue weighted by Crippen LogP contribution is 2.44. The van der Waals surface area contributed by atoms with Gasteiger partial charge in [-0.25, -0.2) is 4.79 Å². The van der Waals surface area contributed by atoms with Gasteiger partial charge in [-0.1, -0.05) is 54.6 Å². The quantitative estimate of drug-likeness (QED) is 0.401. The number of amides is 2. The van der Waals surface area contributed by atoms with Crippen molar-refractivity contribution in [2.45, 2.75) is 64.1 Å². The minimum absolute atomic E-state index is 0.193. The van der Waals surface area contributed by atoms with Gasteiger partial charge in [0.25, 0.3) is 5.91 Å². The molecule has 1 saturated heterocycles. The normalized spacial score (nSPS) is 20.1. The van der Waals surface area contributed by atoms with Crippen molar-refractivity contribution in [2.24, 2.45) is 5.41 Å². The Kier molecular flexibility index (Phi) is 7.09. The molecule has 1 aliphatic heterocycles. The number of nitrogens with one attached hydrogen (secondary N) is 1. The van der Waals surface area contributed by atoms with Gasteiger partial charge in [0, 0.05) is 31.0 Å². The monoisotopic (exact) mass is 523 g/mol. The average Bonchev–Trinajstić information content (AvgIpc) is 3.77. The number of aromatic nitrogens is 2. The number of carbonyl (C=O) groups is 2. The lowest BCUT2D eigenvalue weighted by atomic mass is 9.75. The van der Waals surface area contributed by atoms with Crippen LogP contribution in [0.4, 0.5) is 4.79 Å². The number of benzene rings is 2. The number of ether oxygens (including phenoxy) is 1. The van der Waals surface area contributed by atoms with Crippen molar-refractivity contribution in [3.8, 4) is 17.3 Å². The van der Waals surface area contributed by atoms with Crippen LogP contribution in [0.15, 0.2) is 66.7 Å². The molecule has 2 fully saturated rings. The Hall–Kier alpha value is -4.25. The first-order valence-corrected chi connectivity index (χ1v) is 13.4. The Morgan fingerprint density at radius 3 is 2.44 bits per heavy atom. The number of nitriles is 1. The third kappa shape index (κ3) is 5.78. The van der Waals surface area contributed by atoms with Gasteiger partial charge in [0.1, 0.15) is 5.60 Å². The van der Waals surface area contributed by atoms with Crippen molar-refractivity contribution in [1.29, 1.82) is 5.26 Å². The highest BCUT2D eigenvalue weighted by molar-refractivity contribution is 5.92. The van der Waals surface area contributed by atoms with Gasteiger partial charge < -0.3 is 15.0 Å². The largest absolute Gasteiger partial charge is 0.438 e. The summed E-state index contributed by atoms with van der Waals surface area (Å²) >= 11 is 0. The van der Waals surface area contributed by atoms with Crippen LogP contribution in [0.25, 0.3) is 11.3 Å². The Balaban J connectivity index is 1.28. The molecular formula is C31H33N5O3. The second-order valence-electron chi connectivity index (χ2n) is 11.2. The van der Waals surface area contributed by atoms with Crippen molar-refractivity contribution >= 4 is 12.0 Å². The maximum Gasteiger partial charge on any atom is 0.411 e. The predicted octanol–water partition coefficient (Wildman–Crippen LogP) is 5.77. The van der Waals surface area contributed by atoms with E-state index in [0.29, 0.717) is 30.8 Å². The fraction of sp³-hybridized carbons (Fsp3) is 0.387. The highest BCUT2D eigenvalue weighted by Gasteiger charge is 2.46. The Morgan fingerprint density at radius 2 is 1.85 bits per heavy atom. The van der Waals surface area contributed by atoms with Crippen LogP contribution in [0.1, 0.15) is 74.1 Å². The van der Waals surface area contributed by atoms with Gasteiger partial charge >= 0.3 is 6.09 Å². The summed E-state index contributed by atoms with van der Waals surface area (Å²) < 4.78 is 6.19. The molecule has 2 heterocycles. The molecule has 5 rings (SSSR count). The van der Waals surface area contributed by atoms with Crippen molar-refractivity contribution in [3.63, 3.8) is 0 Å². The van der Waals surface area contributed by atoms with Crippen LogP contribution in [0.2, 0.25) is 0 Å². The third-order valence-electron chi connectivity index (χ3n) is 7.57. The molecule has 2 aliphatic rings. The SMILES string of the molecule is C[C@@H](c1ccc(-c2ccc(C(=O)NC3CC3)nn2)cc1)N1CCC(CC(C)(C)C#N)(c2ccccc2)OC1=O. The van der Waals surface area contributed by atoms with E-state index in [1.807, 2.05) is 75.4 Å². The summed E-state index contributed by atoms with van der Waals surface area (Å²) in [5.74, 6) is -0.193. The molecule has 1 aliphatic carbocycles. The van der Waals surface area contributed by atoms with E-state index in [-0.39, 0.29) is 24.1 Å². The smallest absolute Gasteiger partial charge is 0.411 e. The molecule has 1 aromatic heterocycles.